The lowest BCUT2D eigenvalue weighted by Gasteiger charge is -2.12. The lowest BCUT2D eigenvalue weighted by Crippen LogP contribution is -2.00. The Labute approximate surface area is 132 Å². The molecular formula is C13H12Cl3N3O. The van der Waals surface area contributed by atoms with E-state index in [1.807, 2.05) is 0 Å². The van der Waals surface area contributed by atoms with Crippen molar-refractivity contribution in [2.24, 2.45) is 0 Å². The number of benzene rings is 1. The van der Waals surface area contributed by atoms with Crippen molar-refractivity contribution in [1.29, 1.82) is 0 Å². The van der Waals surface area contributed by atoms with Crippen LogP contribution in [0.5, 0.6) is 5.75 Å². The van der Waals surface area contributed by atoms with Gasteiger partial charge in [0.05, 0.1) is 27.9 Å². The average Bonchev–Trinajstić information content (AvgIpc) is 2.44. The van der Waals surface area contributed by atoms with Crippen LogP contribution in [-0.4, -0.2) is 19.1 Å². The van der Waals surface area contributed by atoms with Crippen LogP contribution in [0.2, 0.25) is 15.1 Å². The molecule has 0 saturated heterocycles. The summed E-state index contributed by atoms with van der Waals surface area (Å²) in [4.78, 5) is 4.30. The van der Waals surface area contributed by atoms with Gasteiger partial charge in [-0.2, -0.15) is 0 Å². The minimum Gasteiger partial charge on any atom is -0.497 e. The number of ether oxygens (including phenoxy) is 1. The summed E-state index contributed by atoms with van der Waals surface area (Å²) < 4.78 is 5.16. The first-order valence-corrected chi connectivity index (χ1v) is 6.83. The van der Waals surface area contributed by atoms with Crippen LogP contribution >= 0.6 is 34.8 Å². The number of hydrogen-bond acceptors (Lipinski definition) is 4. The fraction of sp³-hybridized carbons (Fsp3) is 0.154. The van der Waals surface area contributed by atoms with Crippen LogP contribution in [0.15, 0.2) is 24.3 Å². The highest BCUT2D eigenvalue weighted by molar-refractivity contribution is 6.37. The van der Waals surface area contributed by atoms with Crippen molar-refractivity contribution in [3.8, 4) is 5.75 Å². The van der Waals surface area contributed by atoms with E-state index < -0.39 is 0 Å². The molecule has 0 bridgehead atoms. The van der Waals surface area contributed by atoms with Crippen molar-refractivity contribution in [2.75, 3.05) is 24.8 Å². The van der Waals surface area contributed by atoms with Gasteiger partial charge in [0.1, 0.15) is 11.6 Å². The molecule has 0 unspecified atom stereocenters. The third kappa shape index (κ3) is 3.20. The molecule has 1 aromatic heterocycles. The number of anilines is 3. The number of nitrogens with one attached hydrogen (secondary N) is 2. The molecular weight excluding hydrogens is 321 g/mol. The fourth-order valence-corrected chi connectivity index (χ4v) is 2.25. The highest BCUT2D eigenvalue weighted by atomic mass is 35.5. The molecule has 0 spiro atoms. The third-order valence-electron chi connectivity index (χ3n) is 2.59. The minimum atomic E-state index is 0.396. The number of halogens is 3. The Morgan fingerprint density at radius 3 is 2.35 bits per heavy atom. The molecule has 0 saturated carbocycles. The minimum absolute atomic E-state index is 0.396. The normalized spacial score (nSPS) is 10.2. The Hall–Kier alpha value is -1.36. The molecule has 1 aromatic carbocycles. The summed E-state index contributed by atoms with van der Waals surface area (Å²) >= 11 is 18.3. The predicted octanol–water partition coefficient (Wildman–Crippen LogP) is 4.84. The summed E-state index contributed by atoms with van der Waals surface area (Å²) in [6.45, 7) is 0. The zero-order chi connectivity index (χ0) is 14.7. The number of hydrogen-bond donors (Lipinski definition) is 2. The standard InChI is InChI=1S/C13H12Cl3N3O/c1-17-12-9(15)6-10(16)13(19-12)18-11-5-7(20-2)3-4-8(11)14/h3-6H,1-2H3,(H2,17,18,19). The lowest BCUT2D eigenvalue weighted by atomic mass is 10.3. The van der Waals surface area contributed by atoms with Crippen molar-refractivity contribution in [1.82, 2.24) is 4.98 Å². The summed E-state index contributed by atoms with van der Waals surface area (Å²) in [6, 6.07) is 6.86. The zero-order valence-corrected chi connectivity index (χ0v) is 13.1. The topological polar surface area (TPSA) is 46.2 Å². The highest BCUT2D eigenvalue weighted by Crippen LogP contribution is 2.34. The smallest absolute Gasteiger partial charge is 0.151 e. The van der Waals surface area contributed by atoms with E-state index in [9.17, 15) is 0 Å². The Kier molecular flexibility index (Phi) is 4.81. The van der Waals surface area contributed by atoms with E-state index in [1.165, 1.54) is 0 Å². The second-order valence-electron chi connectivity index (χ2n) is 3.87. The van der Waals surface area contributed by atoms with E-state index in [-0.39, 0.29) is 0 Å². The molecule has 106 valence electrons. The van der Waals surface area contributed by atoms with Crippen molar-refractivity contribution in [2.45, 2.75) is 0 Å². The highest BCUT2D eigenvalue weighted by Gasteiger charge is 2.10. The van der Waals surface area contributed by atoms with E-state index >= 15 is 0 Å². The summed E-state index contributed by atoms with van der Waals surface area (Å²) in [5.74, 6) is 1.66. The number of pyridine rings is 1. The molecule has 0 radical (unpaired) electrons. The van der Waals surface area contributed by atoms with Gasteiger partial charge >= 0.3 is 0 Å². The van der Waals surface area contributed by atoms with Gasteiger partial charge in [0.15, 0.2) is 5.82 Å². The van der Waals surface area contributed by atoms with Crippen LogP contribution < -0.4 is 15.4 Å². The van der Waals surface area contributed by atoms with Gasteiger partial charge in [0.25, 0.3) is 0 Å². The van der Waals surface area contributed by atoms with Crippen LogP contribution in [0.1, 0.15) is 0 Å². The number of nitrogens with zero attached hydrogens (tertiary/aromatic N) is 1. The molecule has 0 aliphatic carbocycles. The first kappa shape index (κ1) is 15.0. The van der Waals surface area contributed by atoms with E-state index in [2.05, 4.69) is 15.6 Å². The second kappa shape index (κ2) is 6.39. The maximum atomic E-state index is 6.13. The summed E-state index contributed by atoms with van der Waals surface area (Å²) in [7, 11) is 3.31. The molecule has 0 aliphatic heterocycles. The first-order chi connectivity index (χ1) is 9.55. The number of methoxy groups -OCH3 is 1. The zero-order valence-electron chi connectivity index (χ0n) is 10.8. The monoisotopic (exact) mass is 331 g/mol. The van der Waals surface area contributed by atoms with E-state index in [4.69, 9.17) is 39.5 Å². The Morgan fingerprint density at radius 2 is 1.70 bits per heavy atom. The summed E-state index contributed by atoms with van der Waals surface area (Å²) in [5, 5.41) is 7.32. The Bertz CT molecular complexity index is 634. The Balaban J connectivity index is 2.39. The van der Waals surface area contributed by atoms with Gasteiger partial charge in [-0.25, -0.2) is 4.98 Å². The van der Waals surface area contributed by atoms with Crippen LogP contribution in [0.4, 0.5) is 17.3 Å². The van der Waals surface area contributed by atoms with Crippen LogP contribution in [0, 0.1) is 0 Å². The fourth-order valence-electron chi connectivity index (χ4n) is 1.58. The van der Waals surface area contributed by atoms with Gasteiger partial charge in [0, 0.05) is 13.1 Å². The van der Waals surface area contributed by atoms with Gasteiger partial charge in [0.2, 0.25) is 0 Å². The van der Waals surface area contributed by atoms with Crippen LogP contribution in [0.25, 0.3) is 0 Å². The van der Waals surface area contributed by atoms with Crippen molar-refractivity contribution < 1.29 is 4.74 Å². The maximum absolute atomic E-state index is 6.13. The van der Waals surface area contributed by atoms with E-state index in [0.717, 1.165) is 0 Å². The molecule has 0 atom stereocenters. The molecule has 0 amide bonds. The van der Waals surface area contributed by atoms with Gasteiger partial charge in [-0.3, -0.25) is 0 Å². The molecule has 0 fully saturated rings. The summed E-state index contributed by atoms with van der Waals surface area (Å²) in [6.07, 6.45) is 0. The maximum Gasteiger partial charge on any atom is 0.151 e. The largest absolute Gasteiger partial charge is 0.497 e. The quantitative estimate of drug-likeness (QED) is 0.841. The van der Waals surface area contributed by atoms with Gasteiger partial charge in [-0.1, -0.05) is 34.8 Å². The van der Waals surface area contributed by atoms with Crippen LogP contribution in [-0.2, 0) is 0 Å². The van der Waals surface area contributed by atoms with Crippen molar-refractivity contribution in [3.63, 3.8) is 0 Å². The van der Waals surface area contributed by atoms with E-state index in [0.29, 0.717) is 38.1 Å². The second-order valence-corrected chi connectivity index (χ2v) is 5.09. The molecule has 20 heavy (non-hydrogen) atoms. The molecule has 0 aliphatic rings. The molecule has 2 N–H and O–H groups in total. The number of rotatable bonds is 4. The van der Waals surface area contributed by atoms with E-state index in [1.54, 1.807) is 38.4 Å². The Morgan fingerprint density at radius 1 is 1.00 bits per heavy atom. The SMILES string of the molecule is CNc1nc(Nc2cc(OC)ccc2Cl)c(Cl)cc1Cl. The molecule has 2 aromatic rings. The van der Waals surface area contributed by atoms with Gasteiger partial charge in [-0.15, -0.1) is 0 Å². The van der Waals surface area contributed by atoms with Crippen LogP contribution in [0.3, 0.4) is 0 Å². The molecule has 7 heteroatoms. The van der Waals surface area contributed by atoms with Crippen molar-refractivity contribution in [3.05, 3.63) is 39.3 Å². The van der Waals surface area contributed by atoms with Gasteiger partial charge in [-0.05, 0) is 18.2 Å². The van der Waals surface area contributed by atoms with Crippen molar-refractivity contribution >= 4 is 52.1 Å². The average molecular weight is 333 g/mol. The summed E-state index contributed by atoms with van der Waals surface area (Å²) in [5.41, 5.74) is 0.643. The third-order valence-corrected chi connectivity index (χ3v) is 3.50. The predicted molar refractivity (Wildman–Crippen MR) is 85.1 cm³/mol. The lowest BCUT2D eigenvalue weighted by molar-refractivity contribution is 0.415. The molecule has 4 nitrogen and oxygen atoms in total. The molecule has 1 heterocycles. The number of aromatic nitrogens is 1. The first-order valence-electron chi connectivity index (χ1n) is 5.69. The molecule has 2 rings (SSSR count). The van der Waals surface area contributed by atoms with Gasteiger partial charge < -0.3 is 15.4 Å².